The molecule has 0 unspecified atom stereocenters. The van der Waals surface area contributed by atoms with Gasteiger partial charge < -0.3 is 25.2 Å². The average molecular weight is 731 g/mol. The minimum atomic E-state index is -1.49. The quantitative estimate of drug-likeness (QED) is 0.0876. The van der Waals surface area contributed by atoms with Crippen LogP contribution in [0, 0.1) is 0 Å². The largest absolute Gasteiger partial charge is 0.478 e. The number of hydrogen-bond donors (Lipinski definition) is 4. The van der Waals surface area contributed by atoms with E-state index in [1.807, 2.05) is 48.5 Å². The van der Waals surface area contributed by atoms with Gasteiger partial charge in [-0.3, -0.25) is 0 Å². The van der Waals surface area contributed by atoms with E-state index in [-0.39, 0.29) is 46.2 Å². The van der Waals surface area contributed by atoms with Crippen LogP contribution in [0.2, 0.25) is 0 Å². The zero-order chi connectivity index (χ0) is 38.7. The van der Waals surface area contributed by atoms with Gasteiger partial charge in [0.1, 0.15) is 0 Å². The van der Waals surface area contributed by atoms with Gasteiger partial charge in [-0.15, -0.1) is 0 Å². The second-order valence-corrected chi connectivity index (χ2v) is 13.1. The number of rotatable bonds is 8. The summed E-state index contributed by atoms with van der Waals surface area (Å²) in [7, 11) is 0. The highest BCUT2D eigenvalue weighted by molar-refractivity contribution is 6.13. The molecule has 0 aliphatic heterocycles. The Hall–Kier alpha value is -7.66. The molecule has 11 nitrogen and oxygen atoms in total. The van der Waals surface area contributed by atoms with Crippen molar-refractivity contribution in [2.45, 2.75) is 12.8 Å². The van der Waals surface area contributed by atoms with Gasteiger partial charge in [0.15, 0.2) is 0 Å². The molecule has 55 heavy (non-hydrogen) atoms. The minimum Gasteiger partial charge on any atom is -0.478 e. The molecular formula is C44H26O11. The first-order valence-electron chi connectivity index (χ1n) is 16.9. The number of fused-ring (bicyclic) bond motifs is 6. The van der Waals surface area contributed by atoms with Crippen molar-refractivity contribution in [3.63, 3.8) is 0 Å². The Labute approximate surface area is 311 Å². The number of carbonyl (C=O) groups excluding carboxylic acids is 2. The molecular weight excluding hydrogens is 704 g/mol. The lowest BCUT2D eigenvalue weighted by atomic mass is 9.89. The van der Waals surface area contributed by atoms with Gasteiger partial charge in [0.2, 0.25) is 0 Å². The zero-order valence-corrected chi connectivity index (χ0v) is 28.5. The van der Waals surface area contributed by atoms with Gasteiger partial charge in [-0.25, -0.2) is 28.8 Å². The van der Waals surface area contributed by atoms with E-state index in [2.05, 4.69) is 0 Å². The lowest BCUT2D eigenvalue weighted by Crippen LogP contribution is -2.18. The predicted molar refractivity (Wildman–Crippen MR) is 198 cm³/mol. The van der Waals surface area contributed by atoms with Gasteiger partial charge in [0.05, 0.1) is 33.4 Å². The van der Waals surface area contributed by atoms with Crippen molar-refractivity contribution in [1.29, 1.82) is 0 Å². The standard InChI is InChI=1S/C44H26O11/c45-39(46)31-11-9-23(19-35(31)41(49)50)27-13-15-29-25-7-3-1-5-21(25)17-33(29)37(27)43(53)55-44(54)38-28(24-10-12-32(40(47)48)36(20-24)42(51)52)14-16-30-26-8-4-2-6-22(26)18-34(30)38/h1-16,19-20H,17-18H2,(H,45,46)(H,47,48)(H,49,50)(H,51,52). The normalized spacial score (nSPS) is 11.9. The third-order valence-electron chi connectivity index (χ3n) is 10.2. The van der Waals surface area contributed by atoms with Crippen LogP contribution in [-0.2, 0) is 17.6 Å². The molecule has 268 valence electrons. The molecule has 0 fully saturated rings. The summed E-state index contributed by atoms with van der Waals surface area (Å²) >= 11 is 0. The van der Waals surface area contributed by atoms with Crippen LogP contribution in [0.4, 0.5) is 0 Å². The molecule has 8 rings (SSSR count). The molecule has 0 radical (unpaired) electrons. The highest BCUT2D eigenvalue weighted by Crippen LogP contribution is 2.44. The van der Waals surface area contributed by atoms with E-state index in [4.69, 9.17) is 4.74 Å². The lowest BCUT2D eigenvalue weighted by molar-refractivity contribution is 0.0395. The molecule has 6 aromatic carbocycles. The number of carboxylic acids is 4. The Morgan fingerprint density at radius 1 is 0.400 bits per heavy atom. The van der Waals surface area contributed by atoms with Crippen molar-refractivity contribution in [2.75, 3.05) is 0 Å². The van der Waals surface area contributed by atoms with Crippen molar-refractivity contribution in [2.24, 2.45) is 0 Å². The number of carbonyl (C=O) groups is 6. The Balaban J connectivity index is 1.29. The highest BCUT2D eigenvalue weighted by Gasteiger charge is 2.33. The van der Waals surface area contributed by atoms with Crippen molar-refractivity contribution >= 4 is 35.8 Å². The summed E-state index contributed by atoms with van der Waals surface area (Å²) in [6, 6.07) is 29.1. The molecule has 4 N–H and O–H groups in total. The van der Waals surface area contributed by atoms with Crippen LogP contribution in [-0.4, -0.2) is 56.2 Å². The molecule has 0 amide bonds. The molecule has 2 aliphatic rings. The Bertz CT molecular complexity index is 2550. The molecule has 0 atom stereocenters. The van der Waals surface area contributed by atoms with E-state index in [9.17, 15) is 49.2 Å². The summed E-state index contributed by atoms with van der Waals surface area (Å²) in [5.74, 6) is -7.95. The smallest absolute Gasteiger partial charge is 0.346 e. The molecule has 0 bridgehead atoms. The first-order valence-corrected chi connectivity index (χ1v) is 16.9. The molecule has 0 aromatic heterocycles. The van der Waals surface area contributed by atoms with Crippen LogP contribution >= 0.6 is 0 Å². The fourth-order valence-corrected chi connectivity index (χ4v) is 7.71. The molecule has 0 saturated heterocycles. The van der Waals surface area contributed by atoms with E-state index in [1.165, 1.54) is 12.1 Å². The molecule has 0 heterocycles. The van der Waals surface area contributed by atoms with Gasteiger partial charge >= 0.3 is 35.8 Å². The molecule has 0 spiro atoms. The Morgan fingerprint density at radius 2 is 0.764 bits per heavy atom. The fraction of sp³-hybridized carbons (Fsp3) is 0.0455. The second kappa shape index (κ2) is 13.1. The maximum atomic E-state index is 14.6. The SMILES string of the molecule is O=C(O)c1ccc(-c2ccc3c(c2C(=O)OC(=O)c2c(-c4ccc(C(=O)O)c(C(=O)O)c4)ccc4c2Cc2ccccc2-4)Cc2ccccc2-3)cc1C(=O)O. The van der Waals surface area contributed by atoms with E-state index < -0.39 is 58.1 Å². The summed E-state index contributed by atoms with van der Waals surface area (Å²) in [6.07, 6.45) is 0.568. The number of hydrogen-bond acceptors (Lipinski definition) is 7. The second-order valence-electron chi connectivity index (χ2n) is 13.1. The lowest BCUT2D eigenvalue weighted by Gasteiger charge is -2.17. The van der Waals surface area contributed by atoms with E-state index in [0.29, 0.717) is 22.3 Å². The van der Waals surface area contributed by atoms with Crippen LogP contribution in [0.3, 0.4) is 0 Å². The van der Waals surface area contributed by atoms with Crippen molar-refractivity contribution in [3.05, 3.63) is 165 Å². The third kappa shape index (κ3) is 5.71. The van der Waals surface area contributed by atoms with Crippen molar-refractivity contribution in [1.82, 2.24) is 0 Å². The van der Waals surface area contributed by atoms with Gasteiger partial charge in [0.25, 0.3) is 0 Å². The van der Waals surface area contributed by atoms with E-state index >= 15 is 0 Å². The number of ether oxygens (including phenoxy) is 1. The van der Waals surface area contributed by atoms with Crippen molar-refractivity contribution < 1.29 is 53.9 Å². The molecule has 6 aromatic rings. The van der Waals surface area contributed by atoms with Gasteiger partial charge in [-0.2, -0.15) is 0 Å². The Kier molecular flexibility index (Phi) is 8.19. The first kappa shape index (κ1) is 34.4. The number of aromatic carboxylic acids is 4. The van der Waals surface area contributed by atoms with Crippen LogP contribution in [0.5, 0.6) is 0 Å². The summed E-state index contributed by atoms with van der Waals surface area (Å²) < 4.78 is 5.78. The third-order valence-corrected chi connectivity index (χ3v) is 10.2. The fourth-order valence-electron chi connectivity index (χ4n) is 7.71. The number of esters is 2. The summed E-state index contributed by atoms with van der Waals surface area (Å²) in [4.78, 5) is 77.1. The summed E-state index contributed by atoms with van der Waals surface area (Å²) in [5, 5.41) is 39.0. The maximum absolute atomic E-state index is 14.6. The predicted octanol–water partition coefficient (Wildman–Crippen LogP) is 7.95. The van der Waals surface area contributed by atoms with E-state index in [0.717, 1.165) is 46.5 Å². The molecule has 11 heteroatoms. The highest BCUT2D eigenvalue weighted by atomic mass is 16.6. The van der Waals surface area contributed by atoms with Crippen LogP contribution in [0.25, 0.3) is 44.5 Å². The Morgan fingerprint density at radius 3 is 1.15 bits per heavy atom. The van der Waals surface area contributed by atoms with Crippen LogP contribution < -0.4 is 0 Å². The van der Waals surface area contributed by atoms with Crippen LogP contribution in [0.15, 0.2) is 109 Å². The zero-order valence-electron chi connectivity index (χ0n) is 28.5. The first-order chi connectivity index (χ1) is 26.4. The average Bonchev–Trinajstić information content (AvgIpc) is 3.75. The van der Waals surface area contributed by atoms with Gasteiger partial charge in [-0.1, -0.05) is 84.9 Å². The monoisotopic (exact) mass is 730 g/mol. The topological polar surface area (TPSA) is 193 Å². The van der Waals surface area contributed by atoms with Gasteiger partial charge in [0, 0.05) is 0 Å². The molecule has 2 aliphatic carbocycles. The minimum absolute atomic E-state index is 0.0159. The maximum Gasteiger partial charge on any atom is 0.346 e. The number of benzene rings is 6. The van der Waals surface area contributed by atoms with Gasteiger partial charge in [-0.05, 0) is 104 Å². The van der Waals surface area contributed by atoms with Crippen molar-refractivity contribution in [3.8, 4) is 44.5 Å². The molecule has 0 saturated carbocycles. The number of carboxylic acid groups (broad SMARTS) is 4. The van der Waals surface area contributed by atoms with E-state index in [1.54, 1.807) is 24.3 Å². The van der Waals surface area contributed by atoms with Crippen LogP contribution in [0.1, 0.15) is 84.4 Å². The summed E-state index contributed by atoms with van der Waals surface area (Å²) in [5.41, 5.74) is 4.90. The summed E-state index contributed by atoms with van der Waals surface area (Å²) in [6.45, 7) is 0.